The van der Waals surface area contributed by atoms with E-state index in [4.69, 9.17) is 11.5 Å². The van der Waals surface area contributed by atoms with Gasteiger partial charge >= 0.3 is 6.18 Å². The summed E-state index contributed by atoms with van der Waals surface area (Å²) >= 11 is 0. The monoisotopic (exact) mass is 251 g/mol. The second-order valence-corrected chi connectivity index (χ2v) is 3.44. The van der Waals surface area contributed by atoms with E-state index in [1.54, 1.807) is 0 Å². The number of aliphatic hydroxyl groups excluding tert-OH is 2. The van der Waals surface area contributed by atoms with Crippen LogP contribution in [0.5, 0.6) is 0 Å². The quantitative estimate of drug-likeness (QED) is 0.606. The minimum atomic E-state index is -4.59. The molecule has 0 aromatic carbocycles. The van der Waals surface area contributed by atoms with Crippen LogP contribution in [0.3, 0.4) is 0 Å². The number of alkyl halides is 3. The highest BCUT2D eigenvalue weighted by molar-refractivity contribution is 5.43. The van der Waals surface area contributed by atoms with Crippen molar-refractivity contribution in [3.8, 4) is 0 Å². The molecule has 96 valence electrons. The van der Waals surface area contributed by atoms with Gasteiger partial charge in [0.2, 0.25) is 0 Å². The standard InChI is InChI=1S/C9H12F3N3O2/c10-9(11,12)4-1-5(8(14)15-3-4)7(17)6(16)2-13/h1,3,6-7,16-17H,2,13H2,(H2,14,15). The number of nitrogen functional groups attached to an aromatic ring is 1. The fourth-order valence-electron chi connectivity index (χ4n) is 1.22. The normalized spacial score (nSPS) is 15.6. The number of hydrogen-bond donors (Lipinski definition) is 4. The maximum Gasteiger partial charge on any atom is 0.417 e. The molecule has 0 saturated heterocycles. The molecule has 0 aliphatic heterocycles. The Balaban J connectivity index is 3.15. The highest BCUT2D eigenvalue weighted by Crippen LogP contribution is 2.32. The van der Waals surface area contributed by atoms with E-state index < -0.39 is 23.9 Å². The lowest BCUT2D eigenvalue weighted by atomic mass is 10.0. The first-order valence-corrected chi connectivity index (χ1v) is 4.66. The molecule has 0 amide bonds. The van der Waals surface area contributed by atoms with Crippen LogP contribution in [0.15, 0.2) is 12.3 Å². The first-order chi connectivity index (χ1) is 7.77. The van der Waals surface area contributed by atoms with Crippen LogP contribution in [0.25, 0.3) is 0 Å². The van der Waals surface area contributed by atoms with Crippen molar-refractivity contribution in [2.45, 2.75) is 18.4 Å². The number of aliphatic hydroxyl groups is 2. The van der Waals surface area contributed by atoms with E-state index in [1.807, 2.05) is 0 Å². The van der Waals surface area contributed by atoms with Crippen LogP contribution >= 0.6 is 0 Å². The Morgan fingerprint density at radius 1 is 1.35 bits per heavy atom. The van der Waals surface area contributed by atoms with Crippen LogP contribution in [-0.2, 0) is 6.18 Å². The number of nitrogens with two attached hydrogens (primary N) is 2. The second-order valence-electron chi connectivity index (χ2n) is 3.44. The van der Waals surface area contributed by atoms with Crippen molar-refractivity contribution in [3.05, 3.63) is 23.4 Å². The van der Waals surface area contributed by atoms with Gasteiger partial charge in [0.15, 0.2) is 0 Å². The van der Waals surface area contributed by atoms with Crippen molar-refractivity contribution in [2.24, 2.45) is 5.73 Å². The lowest BCUT2D eigenvalue weighted by Crippen LogP contribution is -2.28. The van der Waals surface area contributed by atoms with Gasteiger partial charge in [0.1, 0.15) is 11.9 Å². The average molecular weight is 251 g/mol. The summed E-state index contributed by atoms with van der Waals surface area (Å²) in [6, 6.07) is 0.645. The zero-order valence-corrected chi connectivity index (χ0v) is 8.65. The minimum absolute atomic E-state index is 0.280. The van der Waals surface area contributed by atoms with E-state index in [0.717, 1.165) is 0 Å². The van der Waals surface area contributed by atoms with Crippen LogP contribution in [0, 0.1) is 0 Å². The summed E-state index contributed by atoms with van der Waals surface area (Å²) in [6.45, 7) is -0.309. The molecule has 1 aromatic heterocycles. The van der Waals surface area contributed by atoms with Gasteiger partial charge in [-0.25, -0.2) is 4.98 Å². The number of nitrogens with zero attached hydrogens (tertiary/aromatic N) is 1. The molecule has 1 heterocycles. The third-order valence-electron chi connectivity index (χ3n) is 2.20. The molecule has 0 aliphatic carbocycles. The predicted molar refractivity (Wildman–Crippen MR) is 53.7 cm³/mol. The molecule has 2 unspecified atom stereocenters. The van der Waals surface area contributed by atoms with Gasteiger partial charge in [-0.05, 0) is 6.07 Å². The van der Waals surface area contributed by atoms with Gasteiger partial charge < -0.3 is 21.7 Å². The second kappa shape index (κ2) is 4.86. The van der Waals surface area contributed by atoms with Gasteiger partial charge in [-0.1, -0.05) is 0 Å². The summed E-state index contributed by atoms with van der Waals surface area (Å²) in [5.41, 5.74) is 9.08. The van der Waals surface area contributed by atoms with Crippen LogP contribution in [0.1, 0.15) is 17.2 Å². The Morgan fingerprint density at radius 3 is 2.41 bits per heavy atom. The third-order valence-corrected chi connectivity index (χ3v) is 2.20. The zero-order valence-electron chi connectivity index (χ0n) is 8.65. The summed E-state index contributed by atoms with van der Waals surface area (Å²) in [4.78, 5) is 3.33. The molecule has 0 fully saturated rings. The molecule has 17 heavy (non-hydrogen) atoms. The topological polar surface area (TPSA) is 105 Å². The number of anilines is 1. The van der Waals surface area contributed by atoms with Crippen molar-refractivity contribution in [1.29, 1.82) is 0 Å². The maximum atomic E-state index is 12.4. The lowest BCUT2D eigenvalue weighted by Gasteiger charge is -2.18. The molecule has 1 aromatic rings. The van der Waals surface area contributed by atoms with Gasteiger partial charge in [0, 0.05) is 18.3 Å². The number of pyridine rings is 1. The fourth-order valence-corrected chi connectivity index (χ4v) is 1.22. The maximum absolute atomic E-state index is 12.4. The predicted octanol–water partition coefficient (Wildman–Crippen LogP) is 0.0356. The highest BCUT2D eigenvalue weighted by atomic mass is 19.4. The van der Waals surface area contributed by atoms with Crippen molar-refractivity contribution < 1.29 is 23.4 Å². The molecular formula is C9H12F3N3O2. The van der Waals surface area contributed by atoms with Gasteiger partial charge in [-0.15, -0.1) is 0 Å². The minimum Gasteiger partial charge on any atom is -0.389 e. The Labute approximate surface area is 94.9 Å². The molecule has 8 heteroatoms. The molecule has 0 bridgehead atoms. The SMILES string of the molecule is NCC(O)C(O)c1cc(C(F)(F)F)cnc1N. The zero-order chi connectivity index (χ0) is 13.2. The molecule has 0 saturated carbocycles. The summed E-state index contributed by atoms with van der Waals surface area (Å²) in [5, 5.41) is 18.8. The van der Waals surface area contributed by atoms with E-state index in [0.29, 0.717) is 12.3 Å². The van der Waals surface area contributed by atoms with Gasteiger partial charge in [-0.3, -0.25) is 0 Å². The summed E-state index contributed by atoms with van der Waals surface area (Å²) in [5.74, 6) is -0.280. The summed E-state index contributed by atoms with van der Waals surface area (Å²) in [6.07, 6.45) is -7.04. The Kier molecular flexibility index (Phi) is 3.91. The van der Waals surface area contributed by atoms with E-state index in [-0.39, 0.29) is 17.9 Å². The summed E-state index contributed by atoms with van der Waals surface area (Å²) in [7, 11) is 0. The van der Waals surface area contributed by atoms with Crippen molar-refractivity contribution >= 4 is 5.82 Å². The molecule has 0 radical (unpaired) electrons. The van der Waals surface area contributed by atoms with Crippen LogP contribution in [0.4, 0.5) is 19.0 Å². The highest BCUT2D eigenvalue weighted by Gasteiger charge is 2.33. The van der Waals surface area contributed by atoms with Crippen molar-refractivity contribution in [3.63, 3.8) is 0 Å². The van der Waals surface area contributed by atoms with Crippen molar-refractivity contribution in [1.82, 2.24) is 4.98 Å². The molecule has 2 atom stereocenters. The summed E-state index contributed by atoms with van der Waals surface area (Å²) < 4.78 is 37.2. The number of hydrogen-bond acceptors (Lipinski definition) is 5. The van der Waals surface area contributed by atoms with E-state index in [1.165, 1.54) is 0 Å². The fraction of sp³-hybridized carbons (Fsp3) is 0.444. The van der Waals surface area contributed by atoms with Crippen LogP contribution < -0.4 is 11.5 Å². The van der Waals surface area contributed by atoms with Gasteiger partial charge in [0.25, 0.3) is 0 Å². The van der Waals surface area contributed by atoms with Crippen LogP contribution in [0.2, 0.25) is 0 Å². The number of halogens is 3. The first-order valence-electron chi connectivity index (χ1n) is 4.66. The first kappa shape index (κ1) is 13.7. The Bertz CT molecular complexity index is 398. The molecule has 0 aliphatic rings. The van der Waals surface area contributed by atoms with E-state index in [9.17, 15) is 23.4 Å². The van der Waals surface area contributed by atoms with E-state index in [2.05, 4.69) is 4.98 Å². The smallest absolute Gasteiger partial charge is 0.389 e. The molecular weight excluding hydrogens is 239 g/mol. The largest absolute Gasteiger partial charge is 0.417 e. The average Bonchev–Trinajstić information content (AvgIpc) is 2.26. The molecule has 6 N–H and O–H groups in total. The Hall–Kier alpha value is -1.38. The van der Waals surface area contributed by atoms with Gasteiger partial charge in [0.05, 0.1) is 11.7 Å². The van der Waals surface area contributed by atoms with E-state index >= 15 is 0 Å². The van der Waals surface area contributed by atoms with Gasteiger partial charge in [-0.2, -0.15) is 13.2 Å². The molecule has 5 nitrogen and oxygen atoms in total. The lowest BCUT2D eigenvalue weighted by molar-refractivity contribution is -0.138. The molecule has 0 spiro atoms. The molecule has 1 rings (SSSR count). The van der Waals surface area contributed by atoms with Crippen molar-refractivity contribution in [2.75, 3.05) is 12.3 Å². The van der Waals surface area contributed by atoms with Crippen LogP contribution in [-0.4, -0.2) is 27.8 Å². The number of rotatable bonds is 3. The third kappa shape index (κ3) is 3.05. The number of aromatic nitrogens is 1. The Morgan fingerprint density at radius 2 is 1.94 bits per heavy atom.